The number of benzene rings is 2. The Morgan fingerprint density at radius 1 is 1.12 bits per heavy atom. The Labute approximate surface area is 152 Å². The second kappa shape index (κ2) is 7.74. The number of rotatable bonds is 6. The van der Waals surface area contributed by atoms with Gasteiger partial charge < -0.3 is 14.8 Å². The van der Waals surface area contributed by atoms with E-state index in [4.69, 9.17) is 9.47 Å². The smallest absolute Gasteiger partial charge is 0.255 e. The van der Waals surface area contributed by atoms with Crippen LogP contribution in [0.15, 0.2) is 54.9 Å². The molecule has 0 saturated carbocycles. The standard InChI is InChI=1S/C20H21N3O3/c1-14-18(25-2)11-16(12-19(14)26-3)20(24)22-17-7-4-6-15(10-17)13-23-9-5-8-21-23/h4-12H,13H2,1-3H3,(H,22,24). The second-order valence-electron chi connectivity index (χ2n) is 5.86. The molecule has 3 rings (SSSR count). The van der Waals surface area contributed by atoms with Crippen LogP contribution in [0.4, 0.5) is 5.69 Å². The second-order valence-corrected chi connectivity index (χ2v) is 5.86. The van der Waals surface area contributed by atoms with Crippen LogP contribution < -0.4 is 14.8 Å². The Bertz CT molecular complexity index is 879. The van der Waals surface area contributed by atoms with Gasteiger partial charge in [0.1, 0.15) is 11.5 Å². The molecule has 0 unspecified atom stereocenters. The summed E-state index contributed by atoms with van der Waals surface area (Å²) in [6, 6.07) is 13.0. The van der Waals surface area contributed by atoms with Gasteiger partial charge in [-0.25, -0.2) is 0 Å². The lowest BCUT2D eigenvalue weighted by molar-refractivity contribution is 0.102. The number of carbonyl (C=O) groups excluding carboxylic acids is 1. The summed E-state index contributed by atoms with van der Waals surface area (Å²) in [5, 5.41) is 7.12. The third kappa shape index (κ3) is 3.85. The van der Waals surface area contributed by atoms with Gasteiger partial charge in [0, 0.05) is 29.2 Å². The third-order valence-corrected chi connectivity index (χ3v) is 4.10. The fraction of sp³-hybridized carbons (Fsp3) is 0.200. The van der Waals surface area contributed by atoms with Gasteiger partial charge in [-0.3, -0.25) is 9.48 Å². The molecular formula is C20H21N3O3. The van der Waals surface area contributed by atoms with Gasteiger partial charge >= 0.3 is 0 Å². The largest absolute Gasteiger partial charge is 0.496 e. The van der Waals surface area contributed by atoms with E-state index in [1.54, 1.807) is 32.5 Å². The Morgan fingerprint density at radius 2 is 1.85 bits per heavy atom. The van der Waals surface area contributed by atoms with Crippen LogP contribution in [0, 0.1) is 6.92 Å². The maximum Gasteiger partial charge on any atom is 0.255 e. The summed E-state index contributed by atoms with van der Waals surface area (Å²) in [6.07, 6.45) is 3.64. The Balaban J connectivity index is 1.80. The average Bonchev–Trinajstić information content (AvgIpc) is 3.15. The zero-order valence-corrected chi connectivity index (χ0v) is 15.0. The van der Waals surface area contributed by atoms with Crippen LogP contribution in [0.2, 0.25) is 0 Å². The van der Waals surface area contributed by atoms with Crippen molar-refractivity contribution >= 4 is 11.6 Å². The van der Waals surface area contributed by atoms with Crippen LogP contribution >= 0.6 is 0 Å². The average molecular weight is 351 g/mol. The lowest BCUT2D eigenvalue weighted by Crippen LogP contribution is -2.13. The Morgan fingerprint density at radius 3 is 2.46 bits per heavy atom. The molecule has 0 bridgehead atoms. The van der Waals surface area contributed by atoms with E-state index < -0.39 is 0 Å². The zero-order chi connectivity index (χ0) is 18.5. The molecule has 1 heterocycles. The highest BCUT2D eigenvalue weighted by Crippen LogP contribution is 2.29. The van der Waals surface area contributed by atoms with Crippen LogP contribution in [-0.2, 0) is 6.54 Å². The number of anilines is 1. The first-order valence-corrected chi connectivity index (χ1v) is 8.21. The van der Waals surface area contributed by atoms with Crippen molar-refractivity contribution in [1.82, 2.24) is 9.78 Å². The molecule has 0 spiro atoms. The number of methoxy groups -OCH3 is 2. The summed E-state index contributed by atoms with van der Waals surface area (Å²) in [4.78, 5) is 12.7. The van der Waals surface area contributed by atoms with Gasteiger partial charge in [0.25, 0.3) is 5.91 Å². The molecule has 6 nitrogen and oxygen atoms in total. The predicted octanol–water partition coefficient (Wildman–Crippen LogP) is 3.51. The first-order chi connectivity index (χ1) is 12.6. The van der Waals surface area contributed by atoms with Gasteiger partial charge in [-0.05, 0) is 42.8 Å². The van der Waals surface area contributed by atoms with Gasteiger partial charge in [-0.2, -0.15) is 5.10 Å². The maximum atomic E-state index is 12.7. The minimum Gasteiger partial charge on any atom is -0.496 e. The van der Waals surface area contributed by atoms with Gasteiger partial charge in [0.15, 0.2) is 0 Å². The highest BCUT2D eigenvalue weighted by Gasteiger charge is 2.14. The number of hydrogen-bond donors (Lipinski definition) is 1. The van der Waals surface area contributed by atoms with Gasteiger partial charge in [-0.15, -0.1) is 0 Å². The van der Waals surface area contributed by atoms with Crippen LogP contribution in [0.5, 0.6) is 11.5 Å². The molecule has 1 amide bonds. The summed E-state index contributed by atoms with van der Waals surface area (Å²) < 4.78 is 12.5. The molecule has 134 valence electrons. The first kappa shape index (κ1) is 17.5. The van der Waals surface area contributed by atoms with Gasteiger partial charge in [-0.1, -0.05) is 12.1 Å². The topological polar surface area (TPSA) is 65.4 Å². The summed E-state index contributed by atoms with van der Waals surface area (Å²) in [5.74, 6) is 1.00. The van der Waals surface area contributed by atoms with E-state index in [1.807, 2.05) is 48.1 Å². The van der Waals surface area contributed by atoms with Crippen molar-refractivity contribution in [3.63, 3.8) is 0 Å². The predicted molar refractivity (Wildman–Crippen MR) is 100 cm³/mol. The fourth-order valence-corrected chi connectivity index (χ4v) is 2.75. The van der Waals surface area contributed by atoms with Crippen molar-refractivity contribution in [2.45, 2.75) is 13.5 Å². The lowest BCUT2D eigenvalue weighted by Gasteiger charge is -2.13. The summed E-state index contributed by atoms with van der Waals surface area (Å²) in [7, 11) is 3.14. The monoisotopic (exact) mass is 351 g/mol. The molecule has 0 saturated heterocycles. The van der Waals surface area contributed by atoms with Crippen LogP contribution in [0.25, 0.3) is 0 Å². The Hall–Kier alpha value is -3.28. The SMILES string of the molecule is COc1cc(C(=O)Nc2cccc(Cn3cccn3)c2)cc(OC)c1C. The molecule has 0 aliphatic heterocycles. The van der Waals surface area contributed by atoms with Crippen molar-refractivity contribution in [2.75, 3.05) is 19.5 Å². The van der Waals surface area contributed by atoms with Gasteiger partial charge in [0.2, 0.25) is 0 Å². The number of amides is 1. The molecule has 0 radical (unpaired) electrons. The number of ether oxygens (including phenoxy) is 2. The molecule has 0 aliphatic rings. The Kier molecular flexibility index (Phi) is 5.22. The highest BCUT2D eigenvalue weighted by atomic mass is 16.5. The van der Waals surface area contributed by atoms with Crippen molar-refractivity contribution in [1.29, 1.82) is 0 Å². The quantitative estimate of drug-likeness (QED) is 0.738. The normalized spacial score (nSPS) is 10.4. The van der Waals surface area contributed by atoms with E-state index in [2.05, 4.69) is 10.4 Å². The van der Waals surface area contributed by atoms with Crippen LogP contribution in [0.1, 0.15) is 21.5 Å². The third-order valence-electron chi connectivity index (χ3n) is 4.10. The minimum atomic E-state index is -0.224. The number of aromatic nitrogens is 2. The number of nitrogens with one attached hydrogen (secondary N) is 1. The molecule has 0 aliphatic carbocycles. The molecule has 3 aromatic rings. The fourth-order valence-electron chi connectivity index (χ4n) is 2.75. The van der Waals surface area contributed by atoms with E-state index in [0.717, 1.165) is 16.8 Å². The van der Waals surface area contributed by atoms with E-state index in [9.17, 15) is 4.79 Å². The van der Waals surface area contributed by atoms with Crippen LogP contribution in [0.3, 0.4) is 0 Å². The molecule has 6 heteroatoms. The number of hydrogen-bond acceptors (Lipinski definition) is 4. The molecule has 0 atom stereocenters. The molecule has 1 N–H and O–H groups in total. The van der Waals surface area contributed by atoms with Crippen molar-refractivity contribution in [3.8, 4) is 11.5 Å². The lowest BCUT2D eigenvalue weighted by atomic mass is 10.1. The molecule has 1 aromatic heterocycles. The minimum absolute atomic E-state index is 0.224. The van der Waals surface area contributed by atoms with Gasteiger partial charge in [0.05, 0.1) is 20.8 Å². The van der Waals surface area contributed by atoms with Crippen molar-refractivity contribution < 1.29 is 14.3 Å². The summed E-state index contributed by atoms with van der Waals surface area (Å²) >= 11 is 0. The van der Waals surface area contributed by atoms with E-state index in [-0.39, 0.29) is 5.91 Å². The van der Waals surface area contributed by atoms with E-state index in [1.165, 1.54) is 0 Å². The zero-order valence-electron chi connectivity index (χ0n) is 15.0. The first-order valence-electron chi connectivity index (χ1n) is 8.21. The van der Waals surface area contributed by atoms with Crippen molar-refractivity contribution in [2.24, 2.45) is 0 Å². The number of nitrogens with zero attached hydrogens (tertiary/aromatic N) is 2. The van der Waals surface area contributed by atoms with E-state index in [0.29, 0.717) is 23.6 Å². The molecule has 2 aromatic carbocycles. The van der Waals surface area contributed by atoms with Crippen LogP contribution in [-0.4, -0.2) is 29.9 Å². The number of carbonyl (C=O) groups is 1. The molecular weight excluding hydrogens is 330 g/mol. The highest BCUT2D eigenvalue weighted by molar-refractivity contribution is 6.05. The summed E-state index contributed by atoms with van der Waals surface area (Å²) in [6.45, 7) is 2.53. The van der Waals surface area contributed by atoms with Crippen molar-refractivity contribution in [3.05, 3.63) is 71.5 Å². The maximum absolute atomic E-state index is 12.7. The molecule has 26 heavy (non-hydrogen) atoms. The van der Waals surface area contributed by atoms with E-state index >= 15 is 0 Å². The summed E-state index contributed by atoms with van der Waals surface area (Å²) in [5.41, 5.74) is 3.10. The molecule has 0 fully saturated rings.